The molecule has 38 heavy (non-hydrogen) atoms. The number of alkyl halides is 3. The number of nitrogens with zero attached hydrogens (tertiary/aromatic N) is 8. The number of hydrogen-bond acceptors (Lipinski definition) is 8. The van der Waals surface area contributed by atoms with E-state index in [-0.39, 0.29) is 18.8 Å². The molecule has 4 heterocycles. The molecule has 13 heteroatoms. The Morgan fingerprint density at radius 2 is 1.87 bits per heavy atom. The van der Waals surface area contributed by atoms with E-state index in [1.54, 1.807) is 18.3 Å². The van der Waals surface area contributed by atoms with E-state index in [4.69, 9.17) is 16.9 Å². The highest BCUT2D eigenvalue weighted by Gasteiger charge is 2.62. The fourth-order valence-electron chi connectivity index (χ4n) is 5.68. The van der Waals surface area contributed by atoms with Crippen LogP contribution in [0.1, 0.15) is 54.5 Å². The van der Waals surface area contributed by atoms with Crippen molar-refractivity contribution in [3.05, 3.63) is 58.4 Å². The predicted molar refractivity (Wildman–Crippen MR) is 131 cm³/mol. The van der Waals surface area contributed by atoms with Gasteiger partial charge in [-0.05, 0) is 42.7 Å². The smallest absolute Gasteiger partial charge is 0.380 e. The molecular weight excluding hydrogens is 521 g/mol. The summed E-state index contributed by atoms with van der Waals surface area (Å²) in [6.07, 6.45) is -2.28. The number of benzene rings is 1. The molecule has 3 aromatic rings. The van der Waals surface area contributed by atoms with Crippen LogP contribution in [-0.2, 0) is 13.1 Å². The molecule has 2 fully saturated rings. The maximum atomic E-state index is 13.3. The maximum absolute atomic E-state index is 13.3. The third kappa shape index (κ3) is 4.28. The molecule has 0 unspecified atom stereocenters. The molecule has 0 amide bonds. The number of rotatable bonds is 3. The fraction of sp³-hybridized carbons (Fsp3) is 0.480. The van der Waals surface area contributed by atoms with Crippen LogP contribution in [-0.4, -0.2) is 65.6 Å². The Bertz CT molecular complexity index is 1410. The summed E-state index contributed by atoms with van der Waals surface area (Å²) in [7, 11) is 0. The highest BCUT2D eigenvalue weighted by Crippen LogP contribution is 2.48. The highest BCUT2D eigenvalue weighted by atomic mass is 35.5. The lowest BCUT2D eigenvalue weighted by molar-refractivity contribution is -0.300. The average Bonchev–Trinajstić information content (AvgIpc) is 3.22. The number of aliphatic hydroxyl groups is 1. The Morgan fingerprint density at radius 1 is 1.11 bits per heavy atom. The summed E-state index contributed by atoms with van der Waals surface area (Å²) < 4.78 is 41.9. The van der Waals surface area contributed by atoms with Gasteiger partial charge in [0.2, 0.25) is 5.95 Å². The maximum Gasteiger partial charge on any atom is 0.417 e. The summed E-state index contributed by atoms with van der Waals surface area (Å²) >= 11 is 6.31. The number of aromatic nitrogens is 5. The van der Waals surface area contributed by atoms with Gasteiger partial charge in [0, 0.05) is 55.7 Å². The molecule has 0 radical (unpaired) electrons. The Hall–Kier alpha value is -3.27. The molecule has 9 nitrogen and oxygen atoms in total. The minimum absolute atomic E-state index is 0.0979. The first-order chi connectivity index (χ1) is 18.1. The van der Waals surface area contributed by atoms with E-state index < -0.39 is 17.8 Å². The molecule has 1 saturated carbocycles. The lowest BCUT2D eigenvalue weighted by Gasteiger charge is -2.48. The van der Waals surface area contributed by atoms with E-state index in [1.165, 1.54) is 0 Å². The zero-order chi connectivity index (χ0) is 26.7. The topological polar surface area (TPSA) is 107 Å². The molecule has 2 aliphatic heterocycles. The second-order valence-corrected chi connectivity index (χ2v) is 10.6. The van der Waals surface area contributed by atoms with E-state index in [2.05, 4.69) is 20.2 Å². The van der Waals surface area contributed by atoms with Crippen LogP contribution in [0.15, 0.2) is 30.5 Å². The van der Waals surface area contributed by atoms with Gasteiger partial charge in [-0.3, -0.25) is 9.47 Å². The van der Waals surface area contributed by atoms with Crippen LogP contribution in [0.2, 0.25) is 5.02 Å². The SMILES string of the molecule is N#Cc1ccnc(N2CCC(c3nnc4n3-c3ccc(Cl)cc3CN(C3CC(O)(C(F)(F)F)C3)C4)CC2)n1. The van der Waals surface area contributed by atoms with Gasteiger partial charge in [0.1, 0.15) is 17.6 Å². The van der Waals surface area contributed by atoms with Gasteiger partial charge in [0.25, 0.3) is 0 Å². The summed E-state index contributed by atoms with van der Waals surface area (Å²) in [5.74, 6) is 2.08. The van der Waals surface area contributed by atoms with Gasteiger partial charge in [0.05, 0.1) is 12.2 Å². The lowest BCUT2D eigenvalue weighted by atomic mass is 9.74. The summed E-state index contributed by atoms with van der Waals surface area (Å²) in [5, 5.41) is 28.7. The van der Waals surface area contributed by atoms with Gasteiger partial charge >= 0.3 is 6.18 Å². The molecule has 1 N–H and O–H groups in total. The third-order valence-electron chi connectivity index (χ3n) is 7.85. The molecule has 3 aliphatic rings. The van der Waals surface area contributed by atoms with Gasteiger partial charge < -0.3 is 10.0 Å². The number of piperidine rings is 1. The average molecular weight is 545 g/mol. The lowest BCUT2D eigenvalue weighted by Crippen LogP contribution is -2.61. The van der Waals surface area contributed by atoms with Crippen molar-refractivity contribution in [1.29, 1.82) is 5.26 Å². The van der Waals surface area contributed by atoms with Crippen molar-refractivity contribution < 1.29 is 18.3 Å². The third-order valence-corrected chi connectivity index (χ3v) is 8.08. The molecule has 1 saturated heterocycles. The van der Waals surface area contributed by atoms with Crippen molar-refractivity contribution in [1.82, 2.24) is 29.6 Å². The predicted octanol–water partition coefficient (Wildman–Crippen LogP) is 3.74. The molecule has 0 atom stereocenters. The largest absolute Gasteiger partial charge is 0.417 e. The normalized spacial score (nSPS) is 24.2. The van der Waals surface area contributed by atoms with Crippen molar-refractivity contribution >= 4 is 17.5 Å². The van der Waals surface area contributed by atoms with Crippen molar-refractivity contribution in [2.75, 3.05) is 18.0 Å². The van der Waals surface area contributed by atoms with Crippen LogP contribution in [0.25, 0.3) is 5.69 Å². The summed E-state index contributed by atoms with van der Waals surface area (Å²) in [4.78, 5) is 12.6. The zero-order valence-corrected chi connectivity index (χ0v) is 21.0. The van der Waals surface area contributed by atoms with E-state index in [0.717, 1.165) is 29.9 Å². The van der Waals surface area contributed by atoms with Crippen LogP contribution in [0, 0.1) is 11.3 Å². The summed E-state index contributed by atoms with van der Waals surface area (Å²) in [5.41, 5.74) is -0.590. The van der Waals surface area contributed by atoms with Crippen LogP contribution < -0.4 is 4.90 Å². The minimum Gasteiger partial charge on any atom is -0.380 e. The monoisotopic (exact) mass is 544 g/mol. The Kier molecular flexibility index (Phi) is 6.05. The first-order valence-corrected chi connectivity index (χ1v) is 12.8. The van der Waals surface area contributed by atoms with Gasteiger partial charge in [0.15, 0.2) is 11.4 Å². The standard InChI is InChI=1S/C25H24ClF3N8O/c26-17-1-2-20-16(9-17)13-36(19-10-24(38,11-19)25(27,28)29)14-21-33-34-22(37(20)21)15-4-7-35(8-5-15)23-31-6-3-18(12-30)32-23/h1-3,6,9,15,19,38H,4-5,7-8,10-11,13-14H2. The zero-order valence-electron chi connectivity index (χ0n) is 20.2. The number of halogens is 4. The molecule has 1 aliphatic carbocycles. The number of nitriles is 1. The van der Waals surface area contributed by atoms with E-state index in [9.17, 15) is 18.3 Å². The minimum atomic E-state index is -4.65. The molecule has 0 spiro atoms. The van der Waals surface area contributed by atoms with Crippen LogP contribution >= 0.6 is 11.6 Å². The number of fused-ring (bicyclic) bond motifs is 3. The molecule has 1 aromatic carbocycles. The van der Waals surface area contributed by atoms with Crippen molar-refractivity contribution in [3.8, 4) is 11.8 Å². The number of hydrogen-bond donors (Lipinski definition) is 1. The highest BCUT2D eigenvalue weighted by molar-refractivity contribution is 6.30. The first-order valence-electron chi connectivity index (χ1n) is 12.4. The van der Waals surface area contributed by atoms with Crippen LogP contribution in [0.3, 0.4) is 0 Å². The Labute approximate surface area is 221 Å². The summed E-state index contributed by atoms with van der Waals surface area (Å²) in [6.45, 7) is 2.06. The summed E-state index contributed by atoms with van der Waals surface area (Å²) in [6, 6.07) is 8.70. The molecular formula is C25H24ClF3N8O. The fourth-order valence-corrected chi connectivity index (χ4v) is 5.88. The van der Waals surface area contributed by atoms with E-state index in [1.807, 2.05) is 32.6 Å². The molecule has 2 aromatic heterocycles. The van der Waals surface area contributed by atoms with Gasteiger partial charge in [-0.1, -0.05) is 11.6 Å². The van der Waals surface area contributed by atoms with E-state index in [0.29, 0.717) is 48.7 Å². The quantitative estimate of drug-likeness (QED) is 0.531. The van der Waals surface area contributed by atoms with Crippen LogP contribution in [0.4, 0.5) is 19.1 Å². The van der Waals surface area contributed by atoms with E-state index >= 15 is 0 Å². The Balaban J connectivity index is 1.26. The van der Waals surface area contributed by atoms with Crippen LogP contribution in [0.5, 0.6) is 0 Å². The van der Waals surface area contributed by atoms with Crippen molar-refractivity contribution in [2.24, 2.45) is 0 Å². The van der Waals surface area contributed by atoms with Crippen molar-refractivity contribution in [2.45, 2.75) is 62.5 Å². The van der Waals surface area contributed by atoms with Gasteiger partial charge in [-0.25, -0.2) is 9.97 Å². The van der Waals surface area contributed by atoms with Gasteiger partial charge in [-0.2, -0.15) is 18.4 Å². The first kappa shape index (κ1) is 25.0. The molecule has 0 bridgehead atoms. The van der Waals surface area contributed by atoms with Gasteiger partial charge in [-0.15, -0.1) is 10.2 Å². The number of anilines is 1. The Morgan fingerprint density at radius 3 is 2.58 bits per heavy atom. The molecule has 6 rings (SSSR count). The van der Waals surface area contributed by atoms with Crippen molar-refractivity contribution in [3.63, 3.8) is 0 Å². The second kappa shape index (κ2) is 9.18. The second-order valence-electron chi connectivity index (χ2n) is 10.2. The molecule has 198 valence electrons.